The van der Waals surface area contributed by atoms with Crippen LogP contribution in [0.4, 0.5) is 17.5 Å². The van der Waals surface area contributed by atoms with Gasteiger partial charge >= 0.3 is 5.69 Å². The number of rotatable bonds is 8. The van der Waals surface area contributed by atoms with Crippen LogP contribution in [0.3, 0.4) is 0 Å². The third-order valence-electron chi connectivity index (χ3n) is 3.68. The fraction of sp³-hybridized carbons (Fsp3) is 0.714. The van der Waals surface area contributed by atoms with Crippen molar-refractivity contribution in [2.24, 2.45) is 5.92 Å². The zero-order chi connectivity index (χ0) is 15.4. The minimum absolute atomic E-state index is 0.0146. The van der Waals surface area contributed by atoms with Crippen LogP contribution in [-0.4, -0.2) is 27.5 Å². The molecule has 1 aromatic rings. The smallest absolute Gasteiger partial charge is 0.332 e. The van der Waals surface area contributed by atoms with Crippen LogP contribution in [0.5, 0.6) is 0 Å². The van der Waals surface area contributed by atoms with Gasteiger partial charge in [0.15, 0.2) is 0 Å². The highest BCUT2D eigenvalue weighted by Gasteiger charge is 2.38. The first kappa shape index (κ1) is 15.5. The van der Waals surface area contributed by atoms with Gasteiger partial charge in [-0.15, -0.1) is 0 Å². The van der Waals surface area contributed by atoms with Crippen LogP contribution < -0.4 is 10.6 Å². The van der Waals surface area contributed by atoms with E-state index in [1.807, 2.05) is 6.92 Å². The largest absolute Gasteiger partial charge is 0.361 e. The fourth-order valence-corrected chi connectivity index (χ4v) is 2.49. The van der Waals surface area contributed by atoms with Gasteiger partial charge in [0.2, 0.25) is 11.8 Å². The Hall–Kier alpha value is -1.92. The van der Waals surface area contributed by atoms with E-state index >= 15 is 0 Å². The molecular formula is C14H23N5O2. The van der Waals surface area contributed by atoms with Crippen molar-refractivity contribution in [2.75, 3.05) is 17.2 Å². The first-order valence-corrected chi connectivity index (χ1v) is 7.60. The SMILES string of the molecule is CCCNc1nc(C)c([N+](=O)[O-])c(NC2CC2CCC)n1. The number of anilines is 2. The third kappa shape index (κ3) is 3.80. The van der Waals surface area contributed by atoms with E-state index < -0.39 is 4.92 Å². The van der Waals surface area contributed by atoms with Gasteiger partial charge in [-0.05, 0) is 32.1 Å². The molecule has 0 amide bonds. The van der Waals surface area contributed by atoms with Gasteiger partial charge in [0.1, 0.15) is 5.69 Å². The number of nitrogens with one attached hydrogen (secondary N) is 2. The molecule has 2 rings (SSSR count). The minimum atomic E-state index is -0.404. The molecule has 1 heterocycles. The zero-order valence-electron chi connectivity index (χ0n) is 12.8. The molecule has 2 unspecified atom stereocenters. The van der Waals surface area contributed by atoms with Crippen molar-refractivity contribution < 1.29 is 4.92 Å². The molecule has 21 heavy (non-hydrogen) atoms. The van der Waals surface area contributed by atoms with E-state index in [0.717, 1.165) is 32.2 Å². The molecule has 1 aromatic heterocycles. The molecule has 1 saturated carbocycles. The van der Waals surface area contributed by atoms with Crippen LogP contribution in [0.1, 0.15) is 45.2 Å². The monoisotopic (exact) mass is 293 g/mol. The summed E-state index contributed by atoms with van der Waals surface area (Å²) in [6.07, 6.45) is 4.29. The van der Waals surface area contributed by atoms with Gasteiger partial charge in [-0.2, -0.15) is 4.98 Å². The van der Waals surface area contributed by atoms with Gasteiger partial charge in [-0.25, -0.2) is 4.98 Å². The van der Waals surface area contributed by atoms with E-state index in [0.29, 0.717) is 29.4 Å². The zero-order valence-corrected chi connectivity index (χ0v) is 12.8. The molecule has 1 aliphatic rings. The van der Waals surface area contributed by atoms with Crippen LogP contribution in [0, 0.1) is 23.0 Å². The summed E-state index contributed by atoms with van der Waals surface area (Å²) in [6, 6.07) is 0.303. The number of aromatic nitrogens is 2. The number of hydrogen-bond donors (Lipinski definition) is 2. The predicted molar refractivity (Wildman–Crippen MR) is 82.6 cm³/mol. The number of hydrogen-bond acceptors (Lipinski definition) is 6. The van der Waals surface area contributed by atoms with Gasteiger partial charge < -0.3 is 10.6 Å². The minimum Gasteiger partial charge on any atom is -0.361 e. The molecule has 0 aromatic carbocycles. The van der Waals surface area contributed by atoms with Crippen molar-refractivity contribution in [1.82, 2.24) is 9.97 Å². The Morgan fingerprint density at radius 2 is 2.10 bits per heavy atom. The van der Waals surface area contributed by atoms with Crippen LogP contribution in [-0.2, 0) is 0 Å². The highest BCUT2D eigenvalue weighted by atomic mass is 16.6. The van der Waals surface area contributed by atoms with E-state index in [-0.39, 0.29) is 5.69 Å². The van der Waals surface area contributed by atoms with Crippen LogP contribution >= 0.6 is 0 Å². The molecule has 7 nitrogen and oxygen atoms in total. The van der Waals surface area contributed by atoms with E-state index in [4.69, 9.17) is 0 Å². The van der Waals surface area contributed by atoms with Gasteiger partial charge in [0, 0.05) is 12.6 Å². The molecule has 0 aliphatic heterocycles. The molecule has 1 aliphatic carbocycles. The Morgan fingerprint density at radius 3 is 2.71 bits per heavy atom. The summed E-state index contributed by atoms with van der Waals surface area (Å²) in [7, 11) is 0. The van der Waals surface area contributed by atoms with Gasteiger partial charge in [0.05, 0.1) is 4.92 Å². The van der Waals surface area contributed by atoms with Crippen molar-refractivity contribution in [2.45, 2.75) is 52.5 Å². The Kier molecular flexibility index (Phi) is 4.93. The lowest BCUT2D eigenvalue weighted by Crippen LogP contribution is -2.13. The predicted octanol–water partition coefficient (Wildman–Crippen LogP) is 3.12. The Morgan fingerprint density at radius 1 is 1.33 bits per heavy atom. The number of nitro groups is 1. The van der Waals surface area contributed by atoms with Gasteiger partial charge in [-0.1, -0.05) is 20.3 Å². The summed E-state index contributed by atoms with van der Waals surface area (Å²) >= 11 is 0. The lowest BCUT2D eigenvalue weighted by atomic mass is 10.2. The topological polar surface area (TPSA) is 93.0 Å². The van der Waals surface area contributed by atoms with Gasteiger partial charge in [0.25, 0.3) is 0 Å². The molecule has 2 atom stereocenters. The van der Waals surface area contributed by atoms with Crippen molar-refractivity contribution in [3.8, 4) is 0 Å². The molecule has 0 bridgehead atoms. The number of aryl methyl sites for hydroxylation is 1. The molecule has 0 spiro atoms. The third-order valence-corrected chi connectivity index (χ3v) is 3.68. The van der Waals surface area contributed by atoms with Crippen LogP contribution in [0.2, 0.25) is 0 Å². The summed E-state index contributed by atoms with van der Waals surface area (Å²) in [5.41, 5.74) is 0.378. The molecule has 2 N–H and O–H groups in total. The summed E-state index contributed by atoms with van der Waals surface area (Å²) in [6.45, 7) is 6.60. The fourth-order valence-electron chi connectivity index (χ4n) is 2.49. The van der Waals surface area contributed by atoms with Crippen LogP contribution in [0.15, 0.2) is 0 Å². The second kappa shape index (κ2) is 6.69. The quantitative estimate of drug-likeness (QED) is 0.565. The maximum atomic E-state index is 11.2. The van der Waals surface area contributed by atoms with Crippen molar-refractivity contribution in [3.63, 3.8) is 0 Å². The Bertz CT molecular complexity index is 520. The number of nitrogens with zero attached hydrogens (tertiary/aromatic N) is 3. The van der Waals surface area contributed by atoms with E-state index in [1.54, 1.807) is 6.92 Å². The molecule has 116 valence electrons. The lowest BCUT2D eigenvalue weighted by Gasteiger charge is -2.10. The van der Waals surface area contributed by atoms with Crippen molar-refractivity contribution in [3.05, 3.63) is 15.8 Å². The summed E-state index contributed by atoms with van der Waals surface area (Å²) in [5.74, 6) is 1.40. The molecule has 0 saturated heterocycles. The second-order valence-electron chi connectivity index (χ2n) is 5.55. The van der Waals surface area contributed by atoms with Crippen LogP contribution in [0.25, 0.3) is 0 Å². The second-order valence-corrected chi connectivity index (χ2v) is 5.55. The Balaban J connectivity index is 2.19. The lowest BCUT2D eigenvalue weighted by molar-refractivity contribution is -0.385. The molecular weight excluding hydrogens is 270 g/mol. The maximum absolute atomic E-state index is 11.2. The van der Waals surface area contributed by atoms with E-state index in [2.05, 4.69) is 27.5 Å². The standard InChI is InChI=1S/C14H23N5O2/c1-4-6-10-8-11(10)17-13-12(19(20)21)9(3)16-14(18-13)15-7-5-2/h10-11H,4-8H2,1-3H3,(H2,15,16,17,18). The van der Waals surface area contributed by atoms with Crippen molar-refractivity contribution in [1.29, 1.82) is 0 Å². The van der Waals surface area contributed by atoms with Gasteiger partial charge in [-0.3, -0.25) is 10.1 Å². The summed E-state index contributed by atoms with van der Waals surface area (Å²) in [4.78, 5) is 19.3. The average Bonchev–Trinajstić information content (AvgIpc) is 3.13. The highest BCUT2D eigenvalue weighted by Crippen LogP contribution is 2.39. The molecule has 0 radical (unpaired) electrons. The molecule has 7 heteroatoms. The Labute approximate surface area is 124 Å². The van der Waals surface area contributed by atoms with E-state index in [1.165, 1.54) is 0 Å². The van der Waals surface area contributed by atoms with E-state index in [9.17, 15) is 10.1 Å². The summed E-state index contributed by atoms with van der Waals surface area (Å²) in [5, 5.41) is 17.6. The summed E-state index contributed by atoms with van der Waals surface area (Å²) < 4.78 is 0. The first-order chi connectivity index (χ1) is 10.1. The average molecular weight is 293 g/mol. The highest BCUT2D eigenvalue weighted by molar-refractivity contribution is 5.61. The molecule has 1 fully saturated rings. The van der Waals surface area contributed by atoms with Crippen molar-refractivity contribution >= 4 is 17.5 Å². The normalized spacial score (nSPS) is 20.1. The first-order valence-electron chi connectivity index (χ1n) is 7.60. The maximum Gasteiger partial charge on any atom is 0.332 e.